The molecule has 4 N–H and O–H groups in total. The molecule has 2 rings (SSSR count). The number of nitriles is 1. The summed E-state index contributed by atoms with van der Waals surface area (Å²) in [5, 5.41) is 11.6. The molecule has 21 heavy (non-hydrogen) atoms. The molecule has 6 nitrogen and oxygen atoms in total. The summed E-state index contributed by atoms with van der Waals surface area (Å²) in [4.78, 5) is 16.0. The van der Waals surface area contributed by atoms with Crippen LogP contribution in [0.2, 0.25) is 5.02 Å². The maximum Gasteiger partial charge on any atom is 0.257 e. The Morgan fingerprint density at radius 3 is 2.67 bits per heavy atom. The number of hydrogen-bond donors (Lipinski definition) is 3. The summed E-state index contributed by atoms with van der Waals surface area (Å²) in [5.41, 5.74) is 4.16. The molecule has 0 bridgehead atoms. The van der Waals surface area contributed by atoms with Crippen molar-refractivity contribution in [3.05, 3.63) is 52.7 Å². The first-order valence-corrected chi connectivity index (χ1v) is 6.41. The van der Waals surface area contributed by atoms with E-state index in [0.29, 0.717) is 23.5 Å². The van der Waals surface area contributed by atoms with Gasteiger partial charge in [-0.1, -0.05) is 23.7 Å². The summed E-state index contributed by atoms with van der Waals surface area (Å²) in [6.45, 7) is 0. The standard InChI is InChI=1S/C14H12ClN5O/c15-12-7-10(8-18-13(12)20-17)14(21)19-11-3-1-9(2-4-11)5-6-16/h1-4,7-8H,5,17H2,(H,18,20)(H,19,21). The number of rotatable bonds is 4. The number of pyridine rings is 1. The van der Waals surface area contributed by atoms with Crippen LogP contribution in [0.5, 0.6) is 0 Å². The molecule has 0 atom stereocenters. The highest BCUT2D eigenvalue weighted by molar-refractivity contribution is 6.33. The average molecular weight is 302 g/mol. The van der Waals surface area contributed by atoms with Crippen molar-refractivity contribution in [2.24, 2.45) is 5.84 Å². The van der Waals surface area contributed by atoms with Gasteiger partial charge in [-0.3, -0.25) is 4.79 Å². The number of amides is 1. The lowest BCUT2D eigenvalue weighted by atomic mass is 10.1. The van der Waals surface area contributed by atoms with Crippen molar-refractivity contribution in [1.29, 1.82) is 5.26 Å². The molecular formula is C14H12ClN5O. The topological polar surface area (TPSA) is 104 Å². The van der Waals surface area contributed by atoms with Crippen molar-refractivity contribution >= 4 is 29.0 Å². The summed E-state index contributed by atoms with van der Waals surface area (Å²) in [7, 11) is 0. The summed E-state index contributed by atoms with van der Waals surface area (Å²) in [5.74, 6) is 5.19. The second kappa shape index (κ2) is 6.70. The van der Waals surface area contributed by atoms with Crippen molar-refractivity contribution < 1.29 is 4.79 Å². The number of nitrogens with two attached hydrogens (primary N) is 1. The highest BCUT2D eigenvalue weighted by Gasteiger charge is 2.10. The fraction of sp³-hybridized carbons (Fsp3) is 0.0714. The van der Waals surface area contributed by atoms with Crippen molar-refractivity contribution in [3.63, 3.8) is 0 Å². The van der Waals surface area contributed by atoms with Crippen LogP contribution in [0.1, 0.15) is 15.9 Å². The Hall–Kier alpha value is -2.62. The maximum atomic E-state index is 12.1. The number of benzene rings is 1. The predicted octanol–water partition coefficient (Wildman–Crippen LogP) is 2.34. The largest absolute Gasteiger partial charge is 0.322 e. The minimum absolute atomic E-state index is 0.259. The van der Waals surface area contributed by atoms with Crippen LogP contribution in [0, 0.1) is 11.3 Å². The Bertz CT molecular complexity index is 694. The number of aromatic nitrogens is 1. The molecule has 0 unspecified atom stereocenters. The van der Waals surface area contributed by atoms with Gasteiger partial charge in [-0.2, -0.15) is 5.26 Å². The van der Waals surface area contributed by atoms with Crippen LogP contribution in [0.4, 0.5) is 11.5 Å². The number of halogens is 1. The van der Waals surface area contributed by atoms with E-state index in [4.69, 9.17) is 22.7 Å². The molecule has 2 aromatic rings. The zero-order chi connectivity index (χ0) is 15.2. The van der Waals surface area contributed by atoms with Gasteiger partial charge in [0.2, 0.25) is 0 Å². The van der Waals surface area contributed by atoms with Crippen molar-refractivity contribution in [2.45, 2.75) is 6.42 Å². The van der Waals surface area contributed by atoms with Crippen molar-refractivity contribution in [2.75, 3.05) is 10.7 Å². The highest BCUT2D eigenvalue weighted by Crippen LogP contribution is 2.20. The zero-order valence-electron chi connectivity index (χ0n) is 10.9. The first kappa shape index (κ1) is 14.8. The first-order chi connectivity index (χ1) is 10.1. The SMILES string of the molecule is N#CCc1ccc(NC(=O)c2cnc(NN)c(Cl)c2)cc1. The molecule has 1 aromatic heterocycles. The monoisotopic (exact) mass is 301 g/mol. The number of hydrazine groups is 1. The molecule has 0 saturated carbocycles. The fourth-order valence-corrected chi connectivity index (χ4v) is 1.89. The van der Waals surface area contributed by atoms with Crippen LogP contribution >= 0.6 is 11.6 Å². The second-order valence-electron chi connectivity index (χ2n) is 4.18. The molecule has 1 aromatic carbocycles. The Morgan fingerprint density at radius 1 is 1.38 bits per heavy atom. The Labute approximate surface area is 126 Å². The van der Waals surface area contributed by atoms with Crippen LogP contribution in [0.3, 0.4) is 0 Å². The molecule has 0 saturated heterocycles. The van der Waals surface area contributed by atoms with Gasteiger partial charge >= 0.3 is 0 Å². The first-order valence-electron chi connectivity index (χ1n) is 6.03. The van der Waals surface area contributed by atoms with E-state index in [9.17, 15) is 4.79 Å². The number of nitrogen functional groups attached to an aromatic ring is 1. The van der Waals surface area contributed by atoms with E-state index in [-0.39, 0.29) is 10.9 Å². The third-order valence-corrected chi connectivity index (χ3v) is 3.02. The second-order valence-corrected chi connectivity index (χ2v) is 4.59. The molecule has 1 amide bonds. The number of anilines is 2. The van der Waals surface area contributed by atoms with E-state index in [1.165, 1.54) is 12.3 Å². The van der Waals surface area contributed by atoms with Gasteiger partial charge < -0.3 is 10.7 Å². The molecule has 0 aliphatic carbocycles. The number of hydrogen-bond acceptors (Lipinski definition) is 5. The molecular weight excluding hydrogens is 290 g/mol. The minimum Gasteiger partial charge on any atom is -0.322 e. The van der Waals surface area contributed by atoms with Crippen LogP contribution in [0.25, 0.3) is 0 Å². The summed E-state index contributed by atoms with van der Waals surface area (Å²) in [6, 6.07) is 10.6. The van der Waals surface area contributed by atoms with Gasteiger partial charge in [0.25, 0.3) is 5.91 Å². The normalized spacial score (nSPS) is 9.76. The van der Waals surface area contributed by atoms with Crippen LogP contribution in [0.15, 0.2) is 36.5 Å². The van der Waals surface area contributed by atoms with Gasteiger partial charge in [0.05, 0.1) is 23.1 Å². The van der Waals surface area contributed by atoms with Crippen LogP contribution in [-0.2, 0) is 6.42 Å². The van der Waals surface area contributed by atoms with Gasteiger partial charge in [0.15, 0.2) is 5.82 Å². The maximum absolute atomic E-state index is 12.1. The molecule has 0 aliphatic heterocycles. The van der Waals surface area contributed by atoms with Gasteiger partial charge in [-0.25, -0.2) is 10.8 Å². The van der Waals surface area contributed by atoms with E-state index in [2.05, 4.69) is 21.8 Å². The predicted molar refractivity (Wildman–Crippen MR) is 80.8 cm³/mol. The minimum atomic E-state index is -0.332. The molecule has 1 heterocycles. The average Bonchev–Trinajstić information content (AvgIpc) is 2.49. The van der Waals surface area contributed by atoms with E-state index < -0.39 is 0 Å². The Morgan fingerprint density at radius 2 is 2.10 bits per heavy atom. The number of nitrogens with zero attached hydrogens (tertiary/aromatic N) is 2. The lowest BCUT2D eigenvalue weighted by Crippen LogP contribution is -2.14. The number of nitrogens with one attached hydrogen (secondary N) is 2. The van der Waals surface area contributed by atoms with E-state index in [1.54, 1.807) is 24.3 Å². The summed E-state index contributed by atoms with van der Waals surface area (Å²) < 4.78 is 0. The fourth-order valence-electron chi connectivity index (χ4n) is 1.67. The highest BCUT2D eigenvalue weighted by atomic mass is 35.5. The molecule has 0 fully saturated rings. The molecule has 0 spiro atoms. The summed E-state index contributed by atoms with van der Waals surface area (Å²) in [6.07, 6.45) is 1.71. The quantitative estimate of drug-likeness (QED) is 0.594. The number of carbonyl (C=O) groups excluding carboxylic acids is 1. The van der Waals surface area contributed by atoms with E-state index in [0.717, 1.165) is 5.56 Å². The third kappa shape index (κ3) is 3.69. The Balaban J connectivity index is 2.10. The van der Waals surface area contributed by atoms with Crippen molar-refractivity contribution in [1.82, 2.24) is 4.98 Å². The zero-order valence-corrected chi connectivity index (χ0v) is 11.7. The van der Waals surface area contributed by atoms with Crippen molar-refractivity contribution in [3.8, 4) is 6.07 Å². The Kier molecular flexibility index (Phi) is 4.72. The van der Waals surface area contributed by atoms with E-state index in [1.807, 2.05) is 0 Å². The lowest BCUT2D eigenvalue weighted by Gasteiger charge is -2.07. The van der Waals surface area contributed by atoms with Crippen LogP contribution in [-0.4, -0.2) is 10.9 Å². The van der Waals surface area contributed by atoms with Crippen LogP contribution < -0.4 is 16.6 Å². The molecule has 106 valence electrons. The number of carbonyl (C=O) groups is 1. The molecule has 0 aliphatic rings. The van der Waals surface area contributed by atoms with E-state index >= 15 is 0 Å². The van der Waals surface area contributed by atoms with Gasteiger partial charge in [-0.05, 0) is 23.8 Å². The van der Waals surface area contributed by atoms with Gasteiger partial charge in [0, 0.05) is 11.9 Å². The lowest BCUT2D eigenvalue weighted by molar-refractivity contribution is 0.102. The smallest absolute Gasteiger partial charge is 0.257 e. The summed E-state index contributed by atoms with van der Waals surface area (Å²) >= 11 is 5.92. The van der Waals surface area contributed by atoms with Gasteiger partial charge in [0.1, 0.15) is 0 Å². The third-order valence-electron chi connectivity index (χ3n) is 2.74. The molecule has 0 radical (unpaired) electrons. The van der Waals surface area contributed by atoms with Gasteiger partial charge in [-0.15, -0.1) is 0 Å². The molecule has 7 heteroatoms.